The number of nitrogens with one attached hydrogen (secondary N) is 2. The van der Waals surface area contributed by atoms with E-state index in [1.807, 2.05) is 48.3 Å². The van der Waals surface area contributed by atoms with Gasteiger partial charge in [0.15, 0.2) is 5.96 Å². The molecule has 3 rings (SSSR count). The molecule has 0 aliphatic carbocycles. The summed E-state index contributed by atoms with van der Waals surface area (Å²) in [6.45, 7) is 4.69. The summed E-state index contributed by atoms with van der Waals surface area (Å²) in [6.07, 6.45) is 5.23. The number of nitrogens with zero attached hydrogens (tertiary/aromatic N) is 4. The van der Waals surface area contributed by atoms with Crippen molar-refractivity contribution in [3.63, 3.8) is 0 Å². The first kappa shape index (κ1) is 21.0. The molecule has 1 aromatic heterocycles. The van der Waals surface area contributed by atoms with Crippen LogP contribution >= 0.6 is 11.6 Å². The molecule has 1 amide bonds. The summed E-state index contributed by atoms with van der Waals surface area (Å²) in [6, 6.07) is 7.80. The lowest BCUT2D eigenvalue weighted by atomic mass is 10.1. The van der Waals surface area contributed by atoms with E-state index in [0.29, 0.717) is 24.7 Å². The molecule has 0 bridgehead atoms. The van der Waals surface area contributed by atoms with Gasteiger partial charge in [0, 0.05) is 42.5 Å². The van der Waals surface area contributed by atoms with Gasteiger partial charge >= 0.3 is 6.09 Å². The van der Waals surface area contributed by atoms with E-state index in [-0.39, 0.29) is 12.1 Å². The van der Waals surface area contributed by atoms with Crippen LogP contribution in [0.1, 0.15) is 25.3 Å². The van der Waals surface area contributed by atoms with E-state index >= 15 is 0 Å². The Bertz CT molecular complexity index is 828. The monoisotopic (exact) mass is 418 g/mol. The van der Waals surface area contributed by atoms with E-state index in [2.05, 4.69) is 20.7 Å². The molecule has 9 heteroatoms. The first-order valence-corrected chi connectivity index (χ1v) is 10.1. The van der Waals surface area contributed by atoms with Crippen molar-refractivity contribution in [3.8, 4) is 5.69 Å². The molecule has 8 nitrogen and oxygen atoms in total. The van der Waals surface area contributed by atoms with E-state index in [0.717, 1.165) is 36.6 Å². The standard InChI is InChI=1S/C20H27ClN6O2/c1-3-22-19(25-17-8-10-26(11-9-17)20(28)29-2)23-12-15-13-24-27(14-15)18-6-4-16(21)5-7-18/h4-7,13-14,17H,3,8-12H2,1-2H3,(H2,22,23,25). The van der Waals surface area contributed by atoms with Crippen molar-refractivity contribution in [1.82, 2.24) is 25.3 Å². The van der Waals surface area contributed by atoms with Crippen molar-refractivity contribution < 1.29 is 9.53 Å². The third kappa shape index (κ3) is 5.87. The number of methoxy groups -OCH3 is 1. The summed E-state index contributed by atoms with van der Waals surface area (Å²) in [5.41, 5.74) is 1.96. The van der Waals surface area contributed by atoms with Crippen molar-refractivity contribution >= 4 is 23.7 Å². The second kappa shape index (κ2) is 10.2. The van der Waals surface area contributed by atoms with E-state index in [1.165, 1.54) is 7.11 Å². The molecule has 1 saturated heterocycles. The van der Waals surface area contributed by atoms with Gasteiger partial charge in [-0.1, -0.05) is 11.6 Å². The summed E-state index contributed by atoms with van der Waals surface area (Å²) in [4.78, 5) is 18.0. The van der Waals surface area contributed by atoms with E-state index < -0.39 is 0 Å². The summed E-state index contributed by atoms with van der Waals surface area (Å²) in [7, 11) is 1.41. The van der Waals surface area contributed by atoms with E-state index in [4.69, 9.17) is 16.3 Å². The number of benzene rings is 1. The van der Waals surface area contributed by atoms with E-state index in [1.54, 1.807) is 4.90 Å². The molecular weight excluding hydrogens is 392 g/mol. The minimum absolute atomic E-state index is 0.262. The van der Waals surface area contributed by atoms with Gasteiger partial charge in [-0.05, 0) is 44.0 Å². The molecule has 1 aromatic carbocycles. The zero-order chi connectivity index (χ0) is 20.6. The van der Waals surface area contributed by atoms with Gasteiger partial charge < -0.3 is 20.3 Å². The van der Waals surface area contributed by atoms with Gasteiger partial charge in [0.25, 0.3) is 0 Å². The number of piperidine rings is 1. The maximum absolute atomic E-state index is 11.6. The third-order valence-corrected chi connectivity index (χ3v) is 5.01. The minimum Gasteiger partial charge on any atom is -0.453 e. The average Bonchev–Trinajstić information content (AvgIpc) is 3.22. The number of carbonyl (C=O) groups excluding carboxylic acids is 1. The zero-order valence-corrected chi connectivity index (χ0v) is 17.5. The molecule has 0 spiro atoms. The second-order valence-electron chi connectivity index (χ2n) is 6.84. The predicted molar refractivity (Wildman–Crippen MR) is 114 cm³/mol. The lowest BCUT2D eigenvalue weighted by Crippen LogP contribution is -2.49. The Morgan fingerprint density at radius 2 is 2.03 bits per heavy atom. The molecule has 0 unspecified atom stereocenters. The van der Waals surface area contributed by atoms with E-state index in [9.17, 15) is 4.79 Å². The van der Waals surface area contributed by atoms with Gasteiger partial charge in [-0.15, -0.1) is 0 Å². The molecule has 2 aromatic rings. The summed E-state index contributed by atoms with van der Waals surface area (Å²) < 4.78 is 6.60. The first-order chi connectivity index (χ1) is 14.1. The summed E-state index contributed by atoms with van der Waals surface area (Å²) in [5.74, 6) is 0.767. The van der Waals surface area contributed by atoms with Gasteiger partial charge in [0.1, 0.15) is 0 Å². The van der Waals surface area contributed by atoms with Crippen LogP contribution in [-0.4, -0.2) is 59.5 Å². The molecule has 1 aliphatic rings. The Hall–Kier alpha value is -2.74. The topological polar surface area (TPSA) is 83.8 Å². The summed E-state index contributed by atoms with van der Waals surface area (Å²) in [5, 5.41) is 11.9. The number of aliphatic imine (C=N–C) groups is 1. The van der Waals surface area contributed by atoms with Gasteiger partial charge in [-0.25, -0.2) is 14.5 Å². The SMILES string of the molecule is CCNC(=NCc1cnn(-c2ccc(Cl)cc2)c1)NC1CCN(C(=O)OC)CC1. The Morgan fingerprint density at radius 3 is 2.69 bits per heavy atom. The van der Waals surface area contributed by atoms with Crippen molar-refractivity contribution in [2.75, 3.05) is 26.7 Å². The fourth-order valence-corrected chi connectivity index (χ4v) is 3.32. The highest BCUT2D eigenvalue weighted by Gasteiger charge is 2.23. The van der Waals surface area contributed by atoms with Crippen LogP contribution in [0, 0.1) is 0 Å². The van der Waals surface area contributed by atoms with Crippen LogP contribution in [0.5, 0.6) is 0 Å². The zero-order valence-electron chi connectivity index (χ0n) is 16.8. The number of hydrogen-bond acceptors (Lipinski definition) is 4. The fraction of sp³-hybridized carbons (Fsp3) is 0.450. The molecule has 2 N–H and O–H groups in total. The Labute approximate surface area is 175 Å². The third-order valence-electron chi connectivity index (χ3n) is 4.76. The van der Waals surface area contributed by atoms with Crippen LogP contribution in [0.2, 0.25) is 5.02 Å². The van der Waals surface area contributed by atoms with Crippen molar-refractivity contribution in [2.24, 2.45) is 4.99 Å². The number of guanidine groups is 1. The van der Waals surface area contributed by atoms with Gasteiger partial charge in [0.2, 0.25) is 0 Å². The van der Waals surface area contributed by atoms with Crippen LogP contribution in [-0.2, 0) is 11.3 Å². The number of ether oxygens (including phenoxy) is 1. The Morgan fingerprint density at radius 1 is 1.31 bits per heavy atom. The molecule has 156 valence electrons. The maximum atomic E-state index is 11.6. The van der Waals surface area contributed by atoms with Crippen LogP contribution in [0.15, 0.2) is 41.7 Å². The number of rotatable bonds is 5. The van der Waals surface area contributed by atoms with Crippen molar-refractivity contribution in [2.45, 2.75) is 32.4 Å². The number of aromatic nitrogens is 2. The van der Waals surface area contributed by atoms with Crippen LogP contribution in [0.3, 0.4) is 0 Å². The molecule has 0 radical (unpaired) electrons. The molecule has 0 atom stereocenters. The molecule has 1 aliphatic heterocycles. The normalized spacial score (nSPS) is 15.3. The fourth-order valence-electron chi connectivity index (χ4n) is 3.20. The number of amides is 1. The lowest BCUT2D eigenvalue weighted by molar-refractivity contribution is 0.111. The molecule has 29 heavy (non-hydrogen) atoms. The van der Waals surface area contributed by atoms with Crippen LogP contribution in [0.4, 0.5) is 4.79 Å². The Kier molecular flexibility index (Phi) is 7.35. The Balaban J connectivity index is 1.57. The molecule has 1 fully saturated rings. The number of hydrogen-bond donors (Lipinski definition) is 2. The largest absolute Gasteiger partial charge is 0.453 e. The molecular formula is C20H27ClN6O2. The highest BCUT2D eigenvalue weighted by atomic mass is 35.5. The quantitative estimate of drug-likeness (QED) is 0.576. The number of carbonyl (C=O) groups is 1. The van der Waals surface area contributed by atoms with Gasteiger partial charge in [-0.3, -0.25) is 0 Å². The van der Waals surface area contributed by atoms with Crippen LogP contribution < -0.4 is 10.6 Å². The minimum atomic E-state index is -0.262. The number of likely N-dealkylation sites (tertiary alicyclic amines) is 1. The highest BCUT2D eigenvalue weighted by molar-refractivity contribution is 6.30. The van der Waals surface area contributed by atoms with Gasteiger partial charge in [0.05, 0.1) is 25.5 Å². The van der Waals surface area contributed by atoms with Crippen LogP contribution in [0.25, 0.3) is 5.69 Å². The van der Waals surface area contributed by atoms with Crippen molar-refractivity contribution in [3.05, 3.63) is 47.2 Å². The number of halogens is 1. The van der Waals surface area contributed by atoms with Gasteiger partial charge in [-0.2, -0.15) is 5.10 Å². The van der Waals surface area contributed by atoms with Crippen molar-refractivity contribution in [1.29, 1.82) is 0 Å². The lowest BCUT2D eigenvalue weighted by Gasteiger charge is -2.32. The molecule has 2 heterocycles. The average molecular weight is 419 g/mol. The highest BCUT2D eigenvalue weighted by Crippen LogP contribution is 2.14. The molecule has 0 saturated carbocycles. The first-order valence-electron chi connectivity index (χ1n) is 9.76. The maximum Gasteiger partial charge on any atom is 0.409 e. The second-order valence-corrected chi connectivity index (χ2v) is 7.28. The smallest absolute Gasteiger partial charge is 0.409 e. The summed E-state index contributed by atoms with van der Waals surface area (Å²) >= 11 is 5.94. The predicted octanol–water partition coefficient (Wildman–Crippen LogP) is 2.81.